The Balaban J connectivity index is 1.30. The van der Waals surface area contributed by atoms with Gasteiger partial charge in [0.2, 0.25) is 11.1 Å². The number of hydrogen-bond acceptors (Lipinski definition) is 9. The van der Waals surface area contributed by atoms with Crippen molar-refractivity contribution in [3.05, 3.63) is 88.9 Å². The maximum atomic E-state index is 12.3. The number of anilines is 2. The number of nitrogens with zero attached hydrogens (tertiary/aromatic N) is 4. The van der Waals surface area contributed by atoms with Crippen molar-refractivity contribution in [1.29, 1.82) is 0 Å². The molecule has 10 nitrogen and oxygen atoms in total. The molecule has 190 valence electrons. The molecule has 3 aromatic carbocycles. The first kappa shape index (κ1) is 25.9. The largest absolute Gasteiger partial charge is 0.497 e. The van der Waals surface area contributed by atoms with Gasteiger partial charge >= 0.3 is 0 Å². The molecular weight excluding hydrogens is 514 g/mol. The van der Waals surface area contributed by atoms with Gasteiger partial charge in [-0.2, -0.15) is 5.10 Å². The SMILES string of the molecule is COc1ccc(NC(=O)CSc2nnc(N/N=C/c3ccccc3OCc3ccccc3Cl)n2N)cc1. The Bertz CT molecular complexity index is 1380. The summed E-state index contributed by atoms with van der Waals surface area (Å²) in [4.78, 5) is 12.3. The van der Waals surface area contributed by atoms with E-state index in [9.17, 15) is 4.79 Å². The lowest BCUT2D eigenvalue weighted by molar-refractivity contribution is -0.113. The maximum Gasteiger partial charge on any atom is 0.264 e. The number of hydrogen-bond donors (Lipinski definition) is 3. The normalized spacial score (nSPS) is 10.9. The summed E-state index contributed by atoms with van der Waals surface area (Å²) in [5.41, 5.74) is 5.05. The van der Waals surface area contributed by atoms with Gasteiger partial charge in [-0.15, -0.1) is 10.2 Å². The smallest absolute Gasteiger partial charge is 0.264 e. The maximum absolute atomic E-state index is 12.3. The second kappa shape index (κ2) is 12.7. The van der Waals surface area contributed by atoms with Gasteiger partial charge in [-0.3, -0.25) is 4.79 Å². The zero-order chi connectivity index (χ0) is 26.0. The van der Waals surface area contributed by atoms with Crippen molar-refractivity contribution in [2.45, 2.75) is 11.8 Å². The molecule has 0 aliphatic rings. The zero-order valence-electron chi connectivity index (χ0n) is 19.8. The molecule has 1 heterocycles. The van der Waals surface area contributed by atoms with Gasteiger partial charge < -0.3 is 20.6 Å². The highest BCUT2D eigenvalue weighted by molar-refractivity contribution is 7.99. The van der Waals surface area contributed by atoms with Crippen LogP contribution < -0.4 is 26.1 Å². The number of halogens is 1. The zero-order valence-corrected chi connectivity index (χ0v) is 21.4. The first-order chi connectivity index (χ1) is 18.0. The molecule has 0 aliphatic carbocycles. The van der Waals surface area contributed by atoms with Crippen molar-refractivity contribution in [2.24, 2.45) is 5.10 Å². The molecule has 4 aromatic rings. The van der Waals surface area contributed by atoms with Gasteiger partial charge in [0.05, 0.1) is 19.1 Å². The fourth-order valence-corrected chi connectivity index (χ4v) is 3.95. The standard InChI is InChI=1S/C25H24ClN7O3S/c1-35-20-12-10-19(11-13-20)29-23(34)16-37-25-32-31-24(33(25)27)30-28-14-17-6-3-5-9-22(17)36-15-18-7-2-4-8-21(18)26/h2-14H,15-16,27H2,1H3,(H,29,34)(H,30,31)/b28-14+. The summed E-state index contributed by atoms with van der Waals surface area (Å²) in [6, 6.07) is 22.0. The quantitative estimate of drug-likeness (QED) is 0.111. The number of nitrogen functional groups attached to an aromatic ring is 1. The highest BCUT2D eigenvalue weighted by Gasteiger charge is 2.12. The Labute approximate surface area is 222 Å². The minimum absolute atomic E-state index is 0.0980. The number of amides is 1. The van der Waals surface area contributed by atoms with E-state index in [0.29, 0.717) is 34.0 Å². The molecule has 0 bridgehead atoms. The lowest BCUT2D eigenvalue weighted by Crippen LogP contribution is -2.16. The van der Waals surface area contributed by atoms with Crippen LogP contribution >= 0.6 is 23.4 Å². The number of benzene rings is 3. The van der Waals surface area contributed by atoms with E-state index in [2.05, 4.69) is 26.0 Å². The lowest BCUT2D eigenvalue weighted by Gasteiger charge is -2.10. The molecule has 37 heavy (non-hydrogen) atoms. The number of nitrogens with one attached hydrogen (secondary N) is 2. The van der Waals surface area contributed by atoms with Gasteiger partial charge in [0.15, 0.2) is 0 Å². The number of thioether (sulfide) groups is 1. The molecule has 4 N–H and O–H groups in total. The van der Waals surface area contributed by atoms with Crippen LogP contribution in [0.15, 0.2) is 83.1 Å². The van der Waals surface area contributed by atoms with Crippen LogP contribution in [0.5, 0.6) is 11.5 Å². The highest BCUT2D eigenvalue weighted by Crippen LogP contribution is 2.22. The molecule has 0 spiro atoms. The molecule has 0 unspecified atom stereocenters. The van der Waals surface area contributed by atoms with Gasteiger partial charge in [0.1, 0.15) is 18.1 Å². The number of hydrazone groups is 1. The molecule has 0 saturated heterocycles. The predicted molar refractivity (Wildman–Crippen MR) is 146 cm³/mol. The fraction of sp³-hybridized carbons (Fsp3) is 0.120. The molecule has 4 rings (SSSR count). The molecule has 0 saturated carbocycles. The highest BCUT2D eigenvalue weighted by atomic mass is 35.5. The number of carbonyl (C=O) groups is 1. The molecule has 1 aromatic heterocycles. The van der Waals surface area contributed by atoms with E-state index in [1.807, 2.05) is 48.5 Å². The Hall–Kier alpha value is -4.22. The van der Waals surface area contributed by atoms with Crippen molar-refractivity contribution in [1.82, 2.24) is 14.9 Å². The van der Waals surface area contributed by atoms with Gasteiger partial charge in [-0.05, 0) is 42.5 Å². The summed E-state index contributed by atoms with van der Waals surface area (Å²) in [7, 11) is 1.58. The number of nitrogens with two attached hydrogens (primary N) is 1. The van der Waals surface area contributed by atoms with Crippen molar-refractivity contribution in [3.8, 4) is 11.5 Å². The van der Waals surface area contributed by atoms with Crippen molar-refractivity contribution in [3.63, 3.8) is 0 Å². The Morgan fingerprint density at radius 2 is 1.86 bits per heavy atom. The monoisotopic (exact) mass is 537 g/mol. The molecule has 1 amide bonds. The fourth-order valence-electron chi connectivity index (χ4n) is 3.10. The van der Waals surface area contributed by atoms with E-state index >= 15 is 0 Å². The van der Waals surface area contributed by atoms with E-state index in [0.717, 1.165) is 22.9 Å². The average molecular weight is 538 g/mol. The number of para-hydroxylation sites is 1. The Kier molecular flexibility index (Phi) is 8.84. The van der Waals surface area contributed by atoms with E-state index in [1.165, 1.54) is 4.68 Å². The summed E-state index contributed by atoms with van der Waals surface area (Å²) in [5, 5.41) is 16.0. The summed E-state index contributed by atoms with van der Waals surface area (Å²) in [5.74, 6) is 7.51. The van der Waals surface area contributed by atoms with Crippen LogP contribution in [0.4, 0.5) is 11.6 Å². The lowest BCUT2D eigenvalue weighted by atomic mass is 10.2. The third-order valence-corrected chi connectivity index (χ3v) is 6.31. The molecule has 0 radical (unpaired) electrons. The van der Waals surface area contributed by atoms with E-state index in [1.54, 1.807) is 37.6 Å². The number of methoxy groups -OCH3 is 1. The molecule has 0 aliphatic heterocycles. The van der Waals surface area contributed by atoms with E-state index in [-0.39, 0.29) is 17.6 Å². The van der Waals surface area contributed by atoms with Crippen LogP contribution in [0.25, 0.3) is 0 Å². The number of carbonyl (C=O) groups excluding carboxylic acids is 1. The van der Waals surface area contributed by atoms with Gasteiger partial charge in [-0.1, -0.05) is 53.7 Å². The summed E-state index contributed by atoms with van der Waals surface area (Å²) < 4.78 is 12.3. The minimum atomic E-state index is -0.209. The third-order valence-electron chi connectivity index (χ3n) is 5.00. The average Bonchev–Trinajstić information content (AvgIpc) is 3.27. The van der Waals surface area contributed by atoms with Crippen LogP contribution in [0.2, 0.25) is 5.02 Å². The number of aromatic nitrogens is 3. The van der Waals surface area contributed by atoms with Crippen LogP contribution in [-0.4, -0.2) is 39.9 Å². The summed E-state index contributed by atoms with van der Waals surface area (Å²) in [6.07, 6.45) is 1.59. The number of rotatable bonds is 11. The first-order valence-corrected chi connectivity index (χ1v) is 12.4. The molecular formula is C25H24ClN7O3S. The first-order valence-electron chi connectivity index (χ1n) is 11.0. The van der Waals surface area contributed by atoms with Crippen LogP contribution in [0.1, 0.15) is 11.1 Å². The second-order valence-electron chi connectivity index (χ2n) is 7.53. The summed E-state index contributed by atoms with van der Waals surface area (Å²) >= 11 is 7.36. The van der Waals surface area contributed by atoms with Crippen molar-refractivity contribution in [2.75, 3.05) is 29.4 Å². The summed E-state index contributed by atoms with van der Waals surface area (Å²) in [6.45, 7) is 0.321. The number of ether oxygens (including phenoxy) is 2. The molecule has 0 atom stereocenters. The minimum Gasteiger partial charge on any atom is -0.497 e. The van der Waals surface area contributed by atoms with Gasteiger partial charge in [0, 0.05) is 21.8 Å². The Morgan fingerprint density at radius 1 is 1.11 bits per heavy atom. The second-order valence-corrected chi connectivity index (χ2v) is 8.88. The molecule has 12 heteroatoms. The van der Waals surface area contributed by atoms with Gasteiger partial charge in [0.25, 0.3) is 5.95 Å². The van der Waals surface area contributed by atoms with Crippen LogP contribution in [-0.2, 0) is 11.4 Å². The predicted octanol–water partition coefficient (Wildman–Crippen LogP) is 4.41. The van der Waals surface area contributed by atoms with E-state index in [4.69, 9.17) is 26.9 Å². The van der Waals surface area contributed by atoms with Crippen LogP contribution in [0, 0.1) is 0 Å². The van der Waals surface area contributed by atoms with Crippen LogP contribution in [0.3, 0.4) is 0 Å². The molecule has 0 fully saturated rings. The Morgan fingerprint density at radius 3 is 2.65 bits per heavy atom. The third kappa shape index (κ3) is 7.15. The van der Waals surface area contributed by atoms with E-state index < -0.39 is 0 Å². The van der Waals surface area contributed by atoms with Crippen molar-refractivity contribution >= 4 is 47.1 Å². The van der Waals surface area contributed by atoms with Crippen molar-refractivity contribution < 1.29 is 14.3 Å². The van der Waals surface area contributed by atoms with Gasteiger partial charge in [-0.25, -0.2) is 10.1 Å². The topological polar surface area (TPSA) is 129 Å².